The SMILES string of the molecule is COCCNC(=O)[C@@H]1C[C@H](Oc2cccnc2)CN1C(=O)C1CC1. The van der Waals surface area contributed by atoms with Crippen molar-refractivity contribution in [1.29, 1.82) is 0 Å². The third-order valence-electron chi connectivity index (χ3n) is 4.32. The molecule has 1 N–H and O–H groups in total. The summed E-state index contributed by atoms with van der Waals surface area (Å²) in [5.41, 5.74) is 0. The van der Waals surface area contributed by atoms with Gasteiger partial charge in [-0.05, 0) is 25.0 Å². The fraction of sp³-hybridized carbons (Fsp3) is 0.588. The normalized spacial score (nSPS) is 23.1. The second-order valence-electron chi connectivity index (χ2n) is 6.23. The van der Waals surface area contributed by atoms with E-state index in [4.69, 9.17) is 9.47 Å². The van der Waals surface area contributed by atoms with Crippen molar-refractivity contribution in [2.24, 2.45) is 5.92 Å². The summed E-state index contributed by atoms with van der Waals surface area (Å²) < 4.78 is 10.9. The minimum atomic E-state index is -0.475. The van der Waals surface area contributed by atoms with E-state index in [1.807, 2.05) is 6.07 Å². The Morgan fingerprint density at radius 2 is 2.25 bits per heavy atom. The van der Waals surface area contributed by atoms with Gasteiger partial charge in [0.2, 0.25) is 11.8 Å². The van der Waals surface area contributed by atoms with Crippen molar-refractivity contribution in [1.82, 2.24) is 15.2 Å². The van der Waals surface area contributed by atoms with E-state index in [9.17, 15) is 9.59 Å². The predicted molar refractivity (Wildman–Crippen MR) is 86.4 cm³/mol. The molecule has 7 heteroatoms. The molecule has 0 spiro atoms. The Morgan fingerprint density at radius 3 is 2.92 bits per heavy atom. The van der Waals surface area contributed by atoms with Crippen LogP contribution in [0.25, 0.3) is 0 Å². The van der Waals surface area contributed by atoms with Crippen molar-refractivity contribution < 1.29 is 19.1 Å². The standard InChI is InChI=1S/C17H23N3O4/c1-23-8-7-19-16(21)15-9-14(24-13-3-2-6-18-10-13)11-20(15)17(22)12-4-5-12/h2-3,6,10,12,14-15H,4-5,7-9,11H2,1H3,(H,19,21)/t14-,15-/m0/s1. The maximum absolute atomic E-state index is 12.5. The van der Waals surface area contributed by atoms with Gasteiger partial charge < -0.3 is 19.7 Å². The molecule has 0 aromatic carbocycles. The maximum Gasteiger partial charge on any atom is 0.243 e. The van der Waals surface area contributed by atoms with Gasteiger partial charge >= 0.3 is 0 Å². The van der Waals surface area contributed by atoms with Crippen LogP contribution in [0.5, 0.6) is 5.75 Å². The fourth-order valence-corrected chi connectivity index (χ4v) is 2.94. The van der Waals surface area contributed by atoms with Gasteiger partial charge in [-0.15, -0.1) is 0 Å². The zero-order valence-electron chi connectivity index (χ0n) is 13.8. The van der Waals surface area contributed by atoms with E-state index in [0.29, 0.717) is 31.9 Å². The average Bonchev–Trinajstić information content (AvgIpc) is 3.36. The molecule has 1 aliphatic heterocycles. The molecule has 2 aliphatic rings. The van der Waals surface area contributed by atoms with Crippen LogP contribution >= 0.6 is 0 Å². The number of ether oxygens (including phenoxy) is 2. The highest BCUT2D eigenvalue weighted by atomic mass is 16.5. The van der Waals surface area contributed by atoms with Gasteiger partial charge in [0, 0.05) is 32.2 Å². The van der Waals surface area contributed by atoms with Crippen LogP contribution in [-0.4, -0.2) is 60.7 Å². The largest absolute Gasteiger partial charge is 0.487 e. The molecule has 1 saturated carbocycles. The van der Waals surface area contributed by atoms with Gasteiger partial charge in [0.15, 0.2) is 0 Å². The van der Waals surface area contributed by atoms with Crippen LogP contribution in [-0.2, 0) is 14.3 Å². The van der Waals surface area contributed by atoms with E-state index < -0.39 is 6.04 Å². The first kappa shape index (κ1) is 16.7. The lowest BCUT2D eigenvalue weighted by molar-refractivity contribution is -0.139. The summed E-state index contributed by atoms with van der Waals surface area (Å²) in [6.45, 7) is 1.32. The van der Waals surface area contributed by atoms with Crippen LogP contribution in [0.4, 0.5) is 0 Å². The molecule has 0 radical (unpaired) electrons. The summed E-state index contributed by atoms with van der Waals surface area (Å²) in [6.07, 6.45) is 5.44. The number of pyridine rings is 1. The Morgan fingerprint density at radius 1 is 1.42 bits per heavy atom. The Labute approximate surface area is 141 Å². The van der Waals surface area contributed by atoms with Crippen molar-refractivity contribution >= 4 is 11.8 Å². The molecule has 1 aliphatic carbocycles. The molecule has 3 rings (SSSR count). The summed E-state index contributed by atoms with van der Waals surface area (Å²) in [5.74, 6) is 0.663. The summed E-state index contributed by atoms with van der Waals surface area (Å²) in [5, 5.41) is 2.83. The molecule has 0 unspecified atom stereocenters. The van der Waals surface area contributed by atoms with Crippen molar-refractivity contribution in [3.05, 3.63) is 24.5 Å². The first-order chi connectivity index (χ1) is 11.7. The molecule has 7 nitrogen and oxygen atoms in total. The summed E-state index contributed by atoms with van der Waals surface area (Å²) in [6, 6.07) is 3.15. The molecule has 2 fully saturated rings. The van der Waals surface area contributed by atoms with E-state index in [-0.39, 0.29) is 23.8 Å². The average molecular weight is 333 g/mol. The highest BCUT2D eigenvalue weighted by molar-refractivity contribution is 5.90. The third-order valence-corrected chi connectivity index (χ3v) is 4.32. The van der Waals surface area contributed by atoms with E-state index in [0.717, 1.165) is 12.8 Å². The smallest absolute Gasteiger partial charge is 0.243 e. The minimum Gasteiger partial charge on any atom is -0.487 e. The van der Waals surface area contributed by atoms with Crippen LogP contribution in [0.3, 0.4) is 0 Å². The third kappa shape index (κ3) is 4.03. The number of nitrogens with one attached hydrogen (secondary N) is 1. The van der Waals surface area contributed by atoms with Crippen molar-refractivity contribution in [2.45, 2.75) is 31.4 Å². The number of carbonyl (C=O) groups is 2. The molecular weight excluding hydrogens is 310 g/mol. The van der Waals surface area contributed by atoms with Crippen LogP contribution in [0.2, 0.25) is 0 Å². The Balaban J connectivity index is 1.64. The second kappa shape index (κ2) is 7.61. The molecule has 2 amide bonds. The highest BCUT2D eigenvalue weighted by Gasteiger charge is 2.44. The van der Waals surface area contributed by atoms with E-state index in [1.54, 1.807) is 30.5 Å². The summed E-state index contributed by atoms with van der Waals surface area (Å²) >= 11 is 0. The van der Waals surface area contributed by atoms with Crippen molar-refractivity contribution in [3.63, 3.8) is 0 Å². The number of likely N-dealkylation sites (tertiary alicyclic amines) is 1. The molecule has 2 heterocycles. The molecule has 2 atom stereocenters. The molecule has 1 saturated heterocycles. The molecule has 0 bridgehead atoms. The van der Waals surface area contributed by atoms with Gasteiger partial charge in [-0.1, -0.05) is 0 Å². The predicted octanol–water partition coefficient (Wildman–Crippen LogP) is 0.602. The van der Waals surface area contributed by atoms with Crippen molar-refractivity contribution in [3.8, 4) is 5.75 Å². The summed E-state index contributed by atoms with van der Waals surface area (Å²) in [7, 11) is 1.59. The lowest BCUT2D eigenvalue weighted by Crippen LogP contribution is -2.47. The summed E-state index contributed by atoms with van der Waals surface area (Å²) in [4.78, 5) is 30.7. The van der Waals surface area contributed by atoms with Crippen molar-refractivity contribution in [2.75, 3.05) is 26.8 Å². The zero-order chi connectivity index (χ0) is 16.9. The number of hydrogen-bond donors (Lipinski definition) is 1. The van der Waals surface area contributed by atoms with Crippen LogP contribution in [0.15, 0.2) is 24.5 Å². The molecular formula is C17H23N3O4. The first-order valence-electron chi connectivity index (χ1n) is 8.33. The first-order valence-corrected chi connectivity index (χ1v) is 8.33. The zero-order valence-corrected chi connectivity index (χ0v) is 13.8. The van der Waals surface area contributed by atoms with E-state index >= 15 is 0 Å². The number of hydrogen-bond acceptors (Lipinski definition) is 5. The number of rotatable bonds is 7. The Kier molecular flexibility index (Phi) is 5.30. The fourth-order valence-electron chi connectivity index (χ4n) is 2.94. The minimum absolute atomic E-state index is 0.0687. The van der Waals surface area contributed by atoms with Crippen LogP contribution in [0.1, 0.15) is 19.3 Å². The van der Waals surface area contributed by atoms with Gasteiger partial charge in [0.1, 0.15) is 17.9 Å². The van der Waals surface area contributed by atoms with Crippen LogP contribution < -0.4 is 10.1 Å². The van der Waals surface area contributed by atoms with E-state index in [1.165, 1.54) is 0 Å². The lowest BCUT2D eigenvalue weighted by atomic mass is 10.1. The van der Waals surface area contributed by atoms with Gasteiger partial charge in [-0.2, -0.15) is 0 Å². The van der Waals surface area contributed by atoms with Crippen LogP contribution in [0, 0.1) is 5.92 Å². The van der Waals surface area contributed by atoms with Gasteiger partial charge in [-0.25, -0.2) is 0 Å². The topological polar surface area (TPSA) is 80.8 Å². The lowest BCUT2D eigenvalue weighted by Gasteiger charge is -2.23. The Hall–Kier alpha value is -2.15. The maximum atomic E-state index is 12.5. The number of carbonyl (C=O) groups excluding carboxylic acids is 2. The quantitative estimate of drug-likeness (QED) is 0.739. The number of nitrogens with zero attached hydrogens (tertiary/aromatic N) is 2. The van der Waals surface area contributed by atoms with E-state index in [2.05, 4.69) is 10.3 Å². The molecule has 130 valence electrons. The number of amides is 2. The molecule has 24 heavy (non-hydrogen) atoms. The number of aromatic nitrogens is 1. The monoisotopic (exact) mass is 333 g/mol. The van der Waals surface area contributed by atoms with Gasteiger partial charge in [0.25, 0.3) is 0 Å². The highest BCUT2D eigenvalue weighted by Crippen LogP contribution is 2.34. The number of methoxy groups -OCH3 is 1. The Bertz CT molecular complexity index is 576. The molecule has 1 aromatic rings. The van der Waals surface area contributed by atoms with Gasteiger partial charge in [0.05, 0.1) is 19.3 Å². The molecule has 1 aromatic heterocycles. The second-order valence-corrected chi connectivity index (χ2v) is 6.23. The van der Waals surface area contributed by atoms with Gasteiger partial charge in [-0.3, -0.25) is 14.6 Å².